The molecule has 0 bridgehead atoms. The van der Waals surface area contributed by atoms with E-state index in [2.05, 4.69) is 20.8 Å². The number of methoxy groups -OCH3 is 1. The molecule has 0 aliphatic carbocycles. The highest BCUT2D eigenvalue weighted by Crippen LogP contribution is 2.22. The van der Waals surface area contributed by atoms with Gasteiger partial charge in [-0.25, -0.2) is 0 Å². The summed E-state index contributed by atoms with van der Waals surface area (Å²) < 4.78 is 11.1. The van der Waals surface area contributed by atoms with E-state index in [0.29, 0.717) is 31.6 Å². The molecule has 0 amide bonds. The molecule has 0 atom stereocenters. The molecule has 0 aliphatic heterocycles. The minimum atomic E-state index is 0.410. The van der Waals surface area contributed by atoms with Crippen LogP contribution in [0.2, 0.25) is 4.34 Å². The molecule has 19 heavy (non-hydrogen) atoms. The highest BCUT2D eigenvalue weighted by atomic mass is 35.5. The summed E-state index contributed by atoms with van der Waals surface area (Å²) in [7, 11) is 1.66. The standard InChI is InChI=1S/C11H15ClN4O2S/c1-17-5-4-13-7-10-15-16-11(18-10)14-6-8-2-3-9(12)19-8/h2-3,13H,4-7H2,1H3,(H,14,16). The Morgan fingerprint density at radius 3 is 3.00 bits per heavy atom. The van der Waals surface area contributed by atoms with Gasteiger partial charge in [-0.3, -0.25) is 0 Å². The number of nitrogens with one attached hydrogen (secondary N) is 2. The fourth-order valence-electron chi connectivity index (χ4n) is 1.38. The van der Waals surface area contributed by atoms with Gasteiger partial charge in [-0.15, -0.1) is 16.4 Å². The van der Waals surface area contributed by atoms with Crippen LogP contribution in [0, 0.1) is 0 Å². The predicted octanol–water partition coefficient (Wildman–Crippen LogP) is 2.13. The number of nitrogens with zero attached hydrogens (tertiary/aromatic N) is 2. The van der Waals surface area contributed by atoms with Crippen LogP contribution in [0.1, 0.15) is 10.8 Å². The van der Waals surface area contributed by atoms with Crippen molar-refractivity contribution in [1.29, 1.82) is 0 Å². The molecular weight excluding hydrogens is 288 g/mol. The van der Waals surface area contributed by atoms with Crippen molar-refractivity contribution in [3.05, 3.63) is 27.2 Å². The molecule has 0 unspecified atom stereocenters. The van der Waals surface area contributed by atoms with Gasteiger partial charge < -0.3 is 19.8 Å². The van der Waals surface area contributed by atoms with Crippen LogP contribution in [-0.2, 0) is 17.8 Å². The third-order valence-electron chi connectivity index (χ3n) is 2.27. The van der Waals surface area contributed by atoms with E-state index in [-0.39, 0.29) is 0 Å². The van der Waals surface area contributed by atoms with Crippen molar-refractivity contribution in [2.24, 2.45) is 0 Å². The summed E-state index contributed by atoms with van der Waals surface area (Å²) in [4.78, 5) is 1.11. The third-order valence-corrected chi connectivity index (χ3v) is 3.50. The summed E-state index contributed by atoms with van der Waals surface area (Å²) in [6.45, 7) is 2.55. The van der Waals surface area contributed by atoms with Crippen LogP contribution in [0.5, 0.6) is 0 Å². The molecule has 6 nitrogen and oxygen atoms in total. The fourth-order valence-corrected chi connectivity index (χ4v) is 2.40. The zero-order valence-electron chi connectivity index (χ0n) is 10.5. The van der Waals surface area contributed by atoms with Crippen molar-refractivity contribution < 1.29 is 9.15 Å². The Kier molecular flexibility index (Phi) is 5.59. The van der Waals surface area contributed by atoms with Crippen LogP contribution in [0.15, 0.2) is 16.5 Å². The highest BCUT2D eigenvalue weighted by molar-refractivity contribution is 7.16. The number of hydrogen-bond acceptors (Lipinski definition) is 7. The number of rotatable bonds is 8. The minimum absolute atomic E-state index is 0.410. The van der Waals surface area contributed by atoms with Crippen LogP contribution in [-0.4, -0.2) is 30.5 Å². The summed E-state index contributed by atoms with van der Waals surface area (Å²) in [5.74, 6) is 0.544. The van der Waals surface area contributed by atoms with Crippen LogP contribution >= 0.6 is 22.9 Å². The molecule has 0 saturated heterocycles. The van der Waals surface area contributed by atoms with Crippen LogP contribution in [0.3, 0.4) is 0 Å². The van der Waals surface area contributed by atoms with Gasteiger partial charge in [0, 0.05) is 18.5 Å². The number of hydrogen-bond donors (Lipinski definition) is 2. The lowest BCUT2D eigenvalue weighted by atomic mass is 10.5. The fraction of sp³-hybridized carbons (Fsp3) is 0.455. The quantitative estimate of drug-likeness (QED) is 0.728. The van der Waals surface area contributed by atoms with Crippen molar-refractivity contribution in [2.45, 2.75) is 13.1 Å². The van der Waals surface area contributed by atoms with Gasteiger partial charge in [-0.1, -0.05) is 16.7 Å². The van der Waals surface area contributed by atoms with Gasteiger partial charge in [0.2, 0.25) is 5.89 Å². The smallest absolute Gasteiger partial charge is 0.315 e. The van der Waals surface area contributed by atoms with Gasteiger partial charge in [-0.05, 0) is 12.1 Å². The largest absolute Gasteiger partial charge is 0.407 e. The molecule has 2 rings (SSSR count). The van der Waals surface area contributed by atoms with E-state index in [0.717, 1.165) is 15.8 Å². The van der Waals surface area contributed by atoms with E-state index < -0.39 is 0 Å². The number of aromatic nitrogens is 2. The number of thiophene rings is 1. The maximum Gasteiger partial charge on any atom is 0.315 e. The Balaban J connectivity index is 1.74. The normalized spacial score (nSPS) is 10.8. The molecule has 0 spiro atoms. The second-order valence-electron chi connectivity index (χ2n) is 3.73. The first-order chi connectivity index (χ1) is 9.28. The lowest BCUT2D eigenvalue weighted by Crippen LogP contribution is -2.18. The molecule has 2 N–H and O–H groups in total. The van der Waals surface area contributed by atoms with Crippen molar-refractivity contribution >= 4 is 29.0 Å². The van der Waals surface area contributed by atoms with Crippen LogP contribution in [0.4, 0.5) is 6.01 Å². The molecule has 8 heteroatoms. The number of halogens is 1. The first-order valence-corrected chi connectivity index (χ1v) is 6.97. The van der Waals surface area contributed by atoms with Gasteiger partial charge in [0.15, 0.2) is 0 Å². The lowest BCUT2D eigenvalue weighted by Gasteiger charge is -1.99. The van der Waals surface area contributed by atoms with Crippen molar-refractivity contribution in [3.63, 3.8) is 0 Å². The summed E-state index contributed by atoms with van der Waals surface area (Å²) in [5, 5.41) is 14.0. The molecule has 2 heterocycles. The summed E-state index contributed by atoms with van der Waals surface area (Å²) in [6.07, 6.45) is 0. The maximum atomic E-state index is 5.85. The van der Waals surface area contributed by atoms with Gasteiger partial charge in [-0.2, -0.15) is 0 Å². The van der Waals surface area contributed by atoms with Gasteiger partial charge in [0.25, 0.3) is 0 Å². The number of anilines is 1. The SMILES string of the molecule is COCCNCc1nnc(NCc2ccc(Cl)s2)o1. The predicted molar refractivity (Wildman–Crippen MR) is 74.5 cm³/mol. The Labute approximate surface area is 120 Å². The maximum absolute atomic E-state index is 5.85. The van der Waals surface area contributed by atoms with Crippen molar-refractivity contribution in [3.8, 4) is 0 Å². The molecule has 0 saturated carbocycles. The second-order valence-corrected chi connectivity index (χ2v) is 5.53. The molecule has 104 valence electrons. The molecule has 0 aliphatic rings. The van der Waals surface area contributed by atoms with E-state index in [1.165, 1.54) is 11.3 Å². The average molecular weight is 303 g/mol. The topological polar surface area (TPSA) is 72.2 Å². The number of ether oxygens (including phenoxy) is 1. The Morgan fingerprint density at radius 1 is 1.37 bits per heavy atom. The highest BCUT2D eigenvalue weighted by Gasteiger charge is 2.05. The second kappa shape index (κ2) is 7.44. The summed E-state index contributed by atoms with van der Waals surface area (Å²) in [5.41, 5.74) is 0. The Morgan fingerprint density at radius 2 is 2.26 bits per heavy atom. The van der Waals surface area contributed by atoms with Gasteiger partial charge >= 0.3 is 6.01 Å². The molecule has 0 aromatic carbocycles. The molecule has 2 aromatic heterocycles. The zero-order chi connectivity index (χ0) is 13.5. The molecule has 0 fully saturated rings. The Bertz CT molecular complexity index is 502. The van der Waals surface area contributed by atoms with Crippen molar-refractivity contribution in [2.75, 3.05) is 25.6 Å². The third kappa shape index (κ3) is 4.79. The molecule has 2 aromatic rings. The lowest BCUT2D eigenvalue weighted by molar-refractivity contribution is 0.198. The van der Waals surface area contributed by atoms with Gasteiger partial charge in [0.05, 0.1) is 24.0 Å². The minimum Gasteiger partial charge on any atom is -0.407 e. The van der Waals surface area contributed by atoms with Crippen LogP contribution in [0.25, 0.3) is 0 Å². The molecule has 0 radical (unpaired) electrons. The van der Waals surface area contributed by atoms with E-state index in [9.17, 15) is 0 Å². The van der Waals surface area contributed by atoms with Crippen LogP contribution < -0.4 is 10.6 Å². The Hall–Kier alpha value is -1.15. The first-order valence-electron chi connectivity index (χ1n) is 5.78. The summed E-state index contributed by atoms with van der Waals surface area (Å²) in [6, 6.07) is 4.24. The van der Waals surface area contributed by atoms with E-state index >= 15 is 0 Å². The summed E-state index contributed by atoms with van der Waals surface area (Å²) >= 11 is 7.37. The zero-order valence-corrected chi connectivity index (χ0v) is 12.1. The van der Waals surface area contributed by atoms with Gasteiger partial charge in [0.1, 0.15) is 0 Å². The van der Waals surface area contributed by atoms with E-state index in [4.69, 9.17) is 20.8 Å². The molecular formula is C11H15ClN4O2S. The monoisotopic (exact) mass is 302 g/mol. The first kappa shape index (κ1) is 14.3. The van der Waals surface area contributed by atoms with E-state index in [1.807, 2.05) is 12.1 Å². The average Bonchev–Trinajstić information content (AvgIpc) is 3.01. The van der Waals surface area contributed by atoms with E-state index in [1.54, 1.807) is 7.11 Å². The van der Waals surface area contributed by atoms with Crippen molar-refractivity contribution in [1.82, 2.24) is 15.5 Å².